The maximum atomic E-state index is 11.8. The normalized spacial score (nSPS) is 13.5. The summed E-state index contributed by atoms with van der Waals surface area (Å²) in [7, 11) is 3.05. The lowest BCUT2D eigenvalue weighted by molar-refractivity contribution is -0.148. The maximum Gasteiger partial charge on any atom is 0.325 e. The second kappa shape index (κ2) is 8.64. The zero-order valence-corrected chi connectivity index (χ0v) is 13.3. The fourth-order valence-corrected chi connectivity index (χ4v) is 2.14. The number of hydrogen-bond donors (Lipinski definition) is 1. The van der Waals surface area contributed by atoms with Gasteiger partial charge in [0, 0.05) is 13.5 Å². The topological polar surface area (TPSA) is 56.8 Å². The van der Waals surface area contributed by atoms with E-state index < -0.39 is 5.54 Å². The van der Waals surface area contributed by atoms with Crippen LogP contribution in [0.25, 0.3) is 0 Å². The fourth-order valence-electron chi connectivity index (χ4n) is 2.14. The van der Waals surface area contributed by atoms with Gasteiger partial charge in [-0.1, -0.05) is 19.1 Å². The molecule has 1 aromatic carbocycles. The summed E-state index contributed by atoms with van der Waals surface area (Å²) in [4.78, 5) is 11.8. The van der Waals surface area contributed by atoms with E-state index in [1.807, 2.05) is 38.1 Å². The van der Waals surface area contributed by atoms with Gasteiger partial charge in [0.2, 0.25) is 0 Å². The largest absolute Gasteiger partial charge is 0.493 e. The Balaban J connectivity index is 2.57. The Bertz CT molecular complexity index is 450. The van der Waals surface area contributed by atoms with E-state index in [1.165, 1.54) is 7.11 Å². The van der Waals surface area contributed by atoms with Gasteiger partial charge in [-0.2, -0.15) is 0 Å². The summed E-state index contributed by atoms with van der Waals surface area (Å²) in [5.41, 5.74) is 0.325. The van der Waals surface area contributed by atoms with Crippen LogP contribution in [0.1, 0.15) is 25.8 Å². The molecule has 0 aliphatic rings. The van der Waals surface area contributed by atoms with Crippen molar-refractivity contribution in [3.63, 3.8) is 0 Å². The molecular formula is C16H25NO4. The van der Waals surface area contributed by atoms with E-state index in [4.69, 9.17) is 14.2 Å². The monoisotopic (exact) mass is 295 g/mol. The van der Waals surface area contributed by atoms with Gasteiger partial charge in [-0.15, -0.1) is 0 Å². The van der Waals surface area contributed by atoms with Crippen LogP contribution in [0, 0.1) is 0 Å². The first kappa shape index (κ1) is 17.5. The minimum atomic E-state index is -0.729. The lowest BCUT2D eigenvalue weighted by atomic mass is 9.98. The Morgan fingerprint density at radius 3 is 2.71 bits per heavy atom. The van der Waals surface area contributed by atoms with E-state index in [1.54, 1.807) is 7.11 Å². The molecule has 21 heavy (non-hydrogen) atoms. The van der Waals surface area contributed by atoms with Crippen LogP contribution in [0.4, 0.5) is 0 Å². The summed E-state index contributed by atoms with van der Waals surface area (Å²) in [6, 6.07) is 7.73. The first-order valence-corrected chi connectivity index (χ1v) is 7.10. The minimum Gasteiger partial charge on any atom is -0.493 e. The zero-order chi connectivity index (χ0) is 15.7. The van der Waals surface area contributed by atoms with Crippen LogP contribution in [0.3, 0.4) is 0 Å². The van der Waals surface area contributed by atoms with Crippen molar-refractivity contribution in [1.82, 2.24) is 5.32 Å². The Labute approximate surface area is 126 Å². The van der Waals surface area contributed by atoms with E-state index in [2.05, 4.69) is 5.32 Å². The van der Waals surface area contributed by atoms with Gasteiger partial charge < -0.3 is 19.5 Å². The van der Waals surface area contributed by atoms with Gasteiger partial charge in [0.05, 0.1) is 20.3 Å². The highest BCUT2D eigenvalue weighted by atomic mass is 16.5. The molecule has 5 nitrogen and oxygen atoms in total. The number of benzene rings is 1. The van der Waals surface area contributed by atoms with E-state index >= 15 is 0 Å². The smallest absolute Gasteiger partial charge is 0.325 e. The molecule has 0 bridgehead atoms. The molecule has 0 spiro atoms. The summed E-state index contributed by atoms with van der Waals surface area (Å²) in [5.74, 6) is 0.495. The van der Waals surface area contributed by atoms with Gasteiger partial charge in [-0.05, 0) is 31.2 Å². The van der Waals surface area contributed by atoms with Crippen molar-refractivity contribution in [2.24, 2.45) is 0 Å². The van der Waals surface area contributed by atoms with E-state index in [0.717, 1.165) is 11.3 Å². The van der Waals surface area contributed by atoms with Crippen LogP contribution in [0.15, 0.2) is 24.3 Å². The Hall–Kier alpha value is -1.59. The van der Waals surface area contributed by atoms with Gasteiger partial charge in [0.25, 0.3) is 0 Å². The molecule has 1 rings (SSSR count). The number of likely N-dealkylation sites (N-methyl/N-ethyl adjacent to an activating group) is 1. The van der Waals surface area contributed by atoms with E-state index in [0.29, 0.717) is 26.2 Å². The molecular weight excluding hydrogens is 270 g/mol. The van der Waals surface area contributed by atoms with Crippen molar-refractivity contribution in [3.8, 4) is 5.75 Å². The molecule has 0 saturated carbocycles. The number of carbonyl (C=O) groups excluding carboxylic acids is 1. The number of rotatable bonds is 9. The van der Waals surface area contributed by atoms with E-state index in [-0.39, 0.29) is 5.97 Å². The first-order valence-electron chi connectivity index (χ1n) is 7.10. The molecule has 0 aliphatic carbocycles. The van der Waals surface area contributed by atoms with Gasteiger partial charge >= 0.3 is 5.97 Å². The number of methoxy groups -OCH3 is 2. The third kappa shape index (κ3) is 5.36. The van der Waals surface area contributed by atoms with Crippen LogP contribution in [-0.4, -0.2) is 38.9 Å². The SMILES string of the molecule is CCNC(C)(CCOc1cccc(COC)c1)C(=O)OC. The lowest BCUT2D eigenvalue weighted by Gasteiger charge is -2.27. The molecule has 5 heteroatoms. The highest BCUT2D eigenvalue weighted by Crippen LogP contribution is 2.17. The van der Waals surface area contributed by atoms with Crippen molar-refractivity contribution in [2.45, 2.75) is 32.4 Å². The van der Waals surface area contributed by atoms with Crippen molar-refractivity contribution in [1.29, 1.82) is 0 Å². The number of ether oxygens (including phenoxy) is 3. The van der Waals surface area contributed by atoms with Gasteiger partial charge in [0.1, 0.15) is 11.3 Å². The standard InChI is InChI=1S/C16H25NO4/c1-5-17-16(2,15(18)20-4)9-10-21-14-8-6-7-13(11-14)12-19-3/h6-8,11,17H,5,9-10,12H2,1-4H3. The number of carbonyl (C=O) groups is 1. The second-order valence-corrected chi connectivity index (χ2v) is 5.03. The predicted molar refractivity (Wildman–Crippen MR) is 81.4 cm³/mol. The quantitative estimate of drug-likeness (QED) is 0.707. The molecule has 118 valence electrons. The summed E-state index contributed by atoms with van der Waals surface area (Å²) >= 11 is 0. The number of nitrogens with one attached hydrogen (secondary N) is 1. The molecule has 1 aromatic rings. The van der Waals surface area contributed by atoms with Gasteiger partial charge in [-0.25, -0.2) is 0 Å². The zero-order valence-electron chi connectivity index (χ0n) is 13.3. The highest BCUT2D eigenvalue weighted by Gasteiger charge is 2.33. The minimum absolute atomic E-state index is 0.277. The summed E-state index contributed by atoms with van der Waals surface area (Å²) in [5, 5.41) is 3.15. The van der Waals surface area contributed by atoms with Crippen LogP contribution in [0.2, 0.25) is 0 Å². The van der Waals surface area contributed by atoms with Crippen LogP contribution in [0.5, 0.6) is 5.75 Å². The number of esters is 1. The Morgan fingerprint density at radius 1 is 1.33 bits per heavy atom. The molecule has 0 aliphatic heterocycles. The molecule has 1 atom stereocenters. The third-order valence-corrected chi connectivity index (χ3v) is 3.28. The van der Waals surface area contributed by atoms with E-state index in [9.17, 15) is 4.79 Å². The second-order valence-electron chi connectivity index (χ2n) is 5.03. The predicted octanol–water partition coefficient (Wildman–Crippen LogP) is 2.14. The average Bonchev–Trinajstić information content (AvgIpc) is 2.47. The van der Waals surface area contributed by atoms with Crippen LogP contribution in [-0.2, 0) is 20.9 Å². The van der Waals surface area contributed by atoms with Crippen molar-refractivity contribution in [3.05, 3.63) is 29.8 Å². The highest BCUT2D eigenvalue weighted by molar-refractivity contribution is 5.80. The molecule has 0 fully saturated rings. The summed E-state index contributed by atoms with van der Waals surface area (Å²) in [6.07, 6.45) is 0.530. The molecule has 0 heterocycles. The molecule has 0 aromatic heterocycles. The number of hydrogen-bond acceptors (Lipinski definition) is 5. The lowest BCUT2D eigenvalue weighted by Crippen LogP contribution is -2.51. The van der Waals surface area contributed by atoms with Crippen molar-refractivity contribution >= 4 is 5.97 Å². The first-order chi connectivity index (χ1) is 10.1. The molecule has 1 unspecified atom stereocenters. The Morgan fingerprint density at radius 2 is 2.10 bits per heavy atom. The summed E-state index contributed by atoms with van der Waals surface area (Å²) < 4.78 is 15.7. The average molecular weight is 295 g/mol. The molecule has 0 amide bonds. The van der Waals surface area contributed by atoms with Gasteiger partial charge in [-0.3, -0.25) is 4.79 Å². The third-order valence-electron chi connectivity index (χ3n) is 3.28. The van der Waals surface area contributed by atoms with Crippen LogP contribution >= 0.6 is 0 Å². The maximum absolute atomic E-state index is 11.8. The van der Waals surface area contributed by atoms with Crippen molar-refractivity contribution < 1.29 is 19.0 Å². The fraction of sp³-hybridized carbons (Fsp3) is 0.562. The van der Waals surface area contributed by atoms with Gasteiger partial charge in [0.15, 0.2) is 0 Å². The van der Waals surface area contributed by atoms with Crippen LogP contribution < -0.4 is 10.1 Å². The summed E-state index contributed by atoms with van der Waals surface area (Å²) in [6.45, 7) is 5.45. The van der Waals surface area contributed by atoms with Crippen molar-refractivity contribution in [2.75, 3.05) is 27.4 Å². The molecule has 1 N–H and O–H groups in total. The molecule has 0 radical (unpaired) electrons. The molecule has 0 saturated heterocycles. The Kier molecular flexibility index (Phi) is 7.19.